The number of unbranched alkanes of at least 4 members (excludes halogenated alkanes) is 1. The van der Waals surface area contributed by atoms with Crippen LogP contribution in [0.5, 0.6) is 0 Å². The van der Waals surface area contributed by atoms with E-state index >= 15 is 0 Å². The van der Waals surface area contributed by atoms with E-state index < -0.39 is 0 Å². The van der Waals surface area contributed by atoms with E-state index in [0.717, 1.165) is 19.4 Å². The van der Waals surface area contributed by atoms with E-state index in [1.807, 2.05) is 0 Å². The first-order valence-electron chi connectivity index (χ1n) is 8.92. The van der Waals surface area contributed by atoms with E-state index in [9.17, 15) is 4.79 Å². The van der Waals surface area contributed by atoms with Gasteiger partial charge in [-0.05, 0) is 35.8 Å². The van der Waals surface area contributed by atoms with Crippen LogP contribution in [0.15, 0.2) is 24.3 Å². The summed E-state index contributed by atoms with van der Waals surface area (Å²) in [7, 11) is 0. The Morgan fingerprint density at radius 3 is 2.36 bits per heavy atom. The summed E-state index contributed by atoms with van der Waals surface area (Å²) in [6.45, 7) is 9.66. The fraction of sp³-hybridized carbons (Fsp3) is 0.650. The number of carbonyl (C=O) groups is 1. The largest absolute Gasteiger partial charge is 0.356 e. The third-order valence-corrected chi connectivity index (χ3v) is 4.42. The van der Waals surface area contributed by atoms with Crippen LogP contribution in [0, 0.1) is 5.92 Å². The van der Waals surface area contributed by atoms with Crippen molar-refractivity contribution < 1.29 is 4.79 Å². The average molecular weight is 303 g/mol. The fourth-order valence-corrected chi connectivity index (χ4v) is 2.62. The molecule has 0 aromatic heterocycles. The molecule has 22 heavy (non-hydrogen) atoms. The highest BCUT2D eigenvalue weighted by atomic mass is 16.1. The molecule has 2 nitrogen and oxygen atoms in total. The van der Waals surface area contributed by atoms with E-state index in [1.54, 1.807) is 0 Å². The number of benzene rings is 1. The Bertz CT molecular complexity index is 422. The lowest BCUT2D eigenvalue weighted by molar-refractivity contribution is -0.121. The van der Waals surface area contributed by atoms with Crippen LogP contribution >= 0.6 is 0 Å². The van der Waals surface area contributed by atoms with Crippen LogP contribution in [-0.4, -0.2) is 12.5 Å². The van der Waals surface area contributed by atoms with Gasteiger partial charge in [0.15, 0.2) is 0 Å². The molecule has 0 aliphatic rings. The number of nitrogens with one attached hydrogen (secondary N) is 1. The Balaban J connectivity index is 2.30. The number of hydrogen-bond acceptors (Lipinski definition) is 1. The first kappa shape index (κ1) is 18.7. The molecule has 0 spiro atoms. The lowest BCUT2D eigenvalue weighted by atomic mass is 9.99. The summed E-state index contributed by atoms with van der Waals surface area (Å²) in [6, 6.07) is 8.66. The highest BCUT2D eigenvalue weighted by Gasteiger charge is 2.08. The molecule has 1 N–H and O–H groups in total. The third-order valence-electron chi connectivity index (χ3n) is 4.42. The topological polar surface area (TPSA) is 29.1 Å². The van der Waals surface area contributed by atoms with Crippen molar-refractivity contribution in [2.45, 2.75) is 72.1 Å². The van der Waals surface area contributed by atoms with Gasteiger partial charge in [0, 0.05) is 13.0 Å². The molecule has 2 heteroatoms. The summed E-state index contributed by atoms with van der Waals surface area (Å²) < 4.78 is 0. The molecule has 1 amide bonds. The molecule has 1 aromatic rings. The molecule has 0 unspecified atom stereocenters. The van der Waals surface area contributed by atoms with E-state index in [0.29, 0.717) is 18.3 Å². The molecule has 0 saturated carbocycles. The Morgan fingerprint density at radius 2 is 1.82 bits per heavy atom. The monoisotopic (exact) mass is 303 g/mol. The zero-order valence-corrected chi connectivity index (χ0v) is 14.8. The smallest absolute Gasteiger partial charge is 0.220 e. The Kier molecular flexibility index (Phi) is 8.88. The lowest BCUT2D eigenvalue weighted by Crippen LogP contribution is -2.29. The van der Waals surface area contributed by atoms with Gasteiger partial charge in [-0.15, -0.1) is 0 Å². The van der Waals surface area contributed by atoms with Crippen molar-refractivity contribution in [3.8, 4) is 0 Å². The summed E-state index contributed by atoms with van der Waals surface area (Å²) in [6.07, 6.45) is 6.29. The molecule has 0 saturated heterocycles. The summed E-state index contributed by atoms with van der Waals surface area (Å²) >= 11 is 0. The average Bonchev–Trinajstić information content (AvgIpc) is 2.53. The maximum atomic E-state index is 12.0. The van der Waals surface area contributed by atoms with Crippen LogP contribution in [0.1, 0.15) is 76.8 Å². The second kappa shape index (κ2) is 10.4. The first-order valence-corrected chi connectivity index (χ1v) is 8.92. The Labute approximate surface area is 136 Å². The van der Waals surface area contributed by atoms with Crippen LogP contribution in [0.4, 0.5) is 0 Å². The van der Waals surface area contributed by atoms with Crippen LogP contribution in [0.3, 0.4) is 0 Å². The SMILES string of the molecule is CCCC[C@@H](CC)CNC(=O)CCc1ccc(C(C)C)cc1. The van der Waals surface area contributed by atoms with Crippen LogP contribution in [0.25, 0.3) is 0 Å². The molecule has 0 aliphatic carbocycles. The number of hydrogen-bond donors (Lipinski definition) is 1. The molecule has 1 aromatic carbocycles. The van der Waals surface area contributed by atoms with Crippen LogP contribution < -0.4 is 5.32 Å². The summed E-state index contributed by atoms with van der Waals surface area (Å²) in [5.74, 6) is 1.38. The molecule has 0 fully saturated rings. The van der Waals surface area contributed by atoms with Crippen molar-refractivity contribution in [3.05, 3.63) is 35.4 Å². The zero-order chi connectivity index (χ0) is 16.4. The minimum Gasteiger partial charge on any atom is -0.356 e. The van der Waals surface area contributed by atoms with Crippen molar-refractivity contribution in [3.63, 3.8) is 0 Å². The first-order chi connectivity index (χ1) is 10.6. The predicted molar refractivity (Wildman–Crippen MR) is 95.2 cm³/mol. The van der Waals surface area contributed by atoms with Crippen molar-refractivity contribution in [2.24, 2.45) is 5.92 Å². The Morgan fingerprint density at radius 1 is 1.14 bits per heavy atom. The van der Waals surface area contributed by atoms with E-state index in [-0.39, 0.29) is 5.91 Å². The van der Waals surface area contributed by atoms with Crippen LogP contribution in [-0.2, 0) is 11.2 Å². The van der Waals surface area contributed by atoms with E-state index in [1.165, 1.54) is 30.4 Å². The Hall–Kier alpha value is -1.31. The van der Waals surface area contributed by atoms with Crippen molar-refractivity contribution >= 4 is 5.91 Å². The molecule has 1 atom stereocenters. The van der Waals surface area contributed by atoms with Gasteiger partial charge < -0.3 is 5.32 Å². The molecule has 0 radical (unpaired) electrons. The molecule has 1 rings (SSSR count). The lowest BCUT2D eigenvalue weighted by Gasteiger charge is -2.15. The van der Waals surface area contributed by atoms with Gasteiger partial charge in [-0.1, -0.05) is 71.2 Å². The van der Waals surface area contributed by atoms with Crippen molar-refractivity contribution in [1.82, 2.24) is 5.32 Å². The molecule has 0 bridgehead atoms. The van der Waals surface area contributed by atoms with Crippen molar-refractivity contribution in [1.29, 1.82) is 0 Å². The van der Waals surface area contributed by atoms with Gasteiger partial charge >= 0.3 is 0 Å². The van der Waals surface area contributed by atoms with Crippen LogP contribution in [0.2, 0.25) is 0 Å². The van der Waals surface area contributed by atoms with Gasteiger partial charge in [0.2, 0.25) is 5.91 Å². The summed E-state index contributed by atoms with van der Waals surface area (Å²) in [5, 5.41) is 3.10. The molecule has 0 aliphatic heterocycles. The summed E-state index contributed by atoms with van der Waals surface area (Å²) in [5.41, 5.74) is 2.60. The fourth-order valence-electron chi connectivity index (χ4n) is 2.62. The minimum atomic E-state index is 0.183. The maximum absolute atomic E-state index is 12.0. The van der Waals surface area contributed by atoms with Gasteiger partial charge in [0.1, 0.15) is 0 Å². The van der Waals surface area contributed by atoms with E-state index in [4.69, 9.17) is 0 Å². The number of rotatable bonds is 10. The third kappa shape index (κ3) is 7.11. The van der Waals surface area contributed by atoms with Gasteiger partial charge in [-0.3, -0.25) is 4.79 Å². The molecule has 0 heterocycles. The second-order valence-corrected chi connectivity index (χ2v) is 6.62. The quantitative estimate of drug-likeness (QED) is 0.642. The minimum absolute atomic E-state index is 0.183. The maximum Gasteiger partial charge on any atom is 0.220 e. The van der Waals surface area contributed by atoms with Gasteiger partial charge in [-0.2, -0.15) is 0 Å². The molecular weight excluding hydrogens is 270 g/mol. The highest BCUT2D eigenvalue weighted by molar-refractivity contribution is 5.76. The summed E-state index contributed by atoms with van der Waals surface area (Å²) in [4.78, 5) is 12.0. The molecular formula is C20H33NO. The molecule has 124 valence electrons. The number of carbonyl (C=O) groups excluding carboxylic acids is 1. The van der Waals surface area contributed by atoms with Gasteiger partial charge in [-0.25, -0.2) is 0 Å². The zero-order valence-electron chi connectivity index (χ0n) is 14.8. The van der Waals surface area contributed by atoms with Gasteiger partial charge in [0.25, 0.3) is 0 Å². The standard InChI is InChI=1S/C20H33NO/c1-5-7-8-17(6-2)15-21-20(22)14-11-18-9-12-19(13-10-18)16(3)4/h9-10,12-13,16-17H,5-8,11,14-15H2,1-4H3,(H,21,22)/t17-/m1/s1. The van der Waals surface area contributed by atoms with Gasteiger partial charge in [0.05, 0.1) is 0 Å². The van der Waals surface area contributed by atoms with Crippen molar-refractivity contribution in [2.75, 3.05) is 6.54 Å². The second-order valence-electron chi connectivity index (χ2n) is 6.62. The normalized spacial score (nSPS) is 12.4. The highest BCUT2D eigenvalue weighted by Crippen LogP contribution is 2.15. The van der Waals surface area contributed by atoms with E-state index in [2.05, 4.69) is 57.3 Å². The number of amides is 1. The number of aryl methyl sites for hydroxylation is 1. The predicted octanol–water partition coefficient (Wildman–Crippen LogP) is 5.08.